The Bertz CT molecular complexity index is 407. The molecule has 0 atom stereocenters. The van der Waals surface area contributed by atoms with E-state index in [2.05, 4.69) is 4.98 Å². The molecule has 70 valence electrons. The lowest BCUT2D eigenvalue weighted by Gasteiger charge is -1.97. The van der Waals surface area contributed by atoms with E-state index in [9.17, 15) is 8.42 Å². The van der Waals surface area contributed by atoms with Crippen LogP contribution in [-0.4, -0.2) is 19.7 Å². The molecule has 1 heterocycles. The lowest BCUT2D eigenvalue weighted by Crippen LogP contribution is -1.92. The van der Waals surface area contributed by atoms with Gasteiger partial charge in [-0.1, -0.05) is 6.07 Å². The second-order valence-electron chi connectivity index (χ2n) is 2.85. The van der Waals surface area contributed by atoms with Gasteiger partial charge in [-0.05, 0) is 24.6 Å². The molecule has 1 aromatic rings. The number of allylic oxidation sites excluding steroid dienone is 1. The number of hydrogen-bond acceptors (Lipinski definition) is 3. The first-order chi connectivity index (χ1) is 5.99. The predicted octanol–water partition coefficient (Wildman–Crippen LogP) is 1.49. The highest BCUT2D eigenvalue weighted by Gasteiger charge is 2.00. The van der Waals surface area contributed by atoms with E-state index in [0.717, 1.165) is 0 Å². The number of aromatic nitrogens is 1. The fraction of sp³-hybridized carbons (Fsp3) is 0.222. The molecule has 0 spiro atoms. The Balaban J connectivity index is 3.06. The molecule has 0 N–H and O–H groups in total. The molecule has 0 aliphatic heterocycles. The monoisotopic (exact) mass is 197 g/mol. The van der Waals surface area contributed by atoms with Gasteiger partial charge in [0.25, 0.3) is 0 Å². The van der Waals surface area contributed by atoms with Crippen LogP contribution in [0, 0.1) is 0 Å². The van der Waals surface area contributed by atoms with Gasteiger partial charge in [0.05, 0.1) is 5.69 Å². The van der Waals surface area contributed by atoms with Crippen LogP contribution >= 0.6 is 0 Å². The van der Waals surface area contributed by atoms with Crippen molar-refractivity contribution in [1.82, 2.24) is 4.98 Å². The summed E-state index contributed by atoms with van der Waals surface area (Å²) < 4.78 is 21.8. The number of pyridine rings is 1. The average molecular weight is 197 g/mol. The van der Waals surface area contributed by atoms with Crippen molar-refractivity contribution in [3.8, 4) is 0 Å². The Morgan fingerprint density at radius 1 is 1.46 bits per heavy atom. The van der Waals surface area contributed by atoms with E-state index >= 15 is 0 Å². The summed E-state index contributed by atoms with van der Waals surface area (Å²) in [6.45, 7) is 1.73. The second kappa shape index (κ2) is 3.70. The quantitative estimate of drug-likeness (QED) is 0.721. The summed E-state index contributed by atoms with van der Waals surface area (Å²) in [5.74, 6) is 0. The van der Waals surface area contributed by atoms with Crippen molar-refractivity contribution in [3.05, 3.63) is 35.5 Å². The molecule has 0 aliphatic rings. The molecule has 1 rings (SSSR count). The van der Waals surface area contributed by atoms with Crippen LogP contribution in [0.4, 0.5) is 0 Å². The Labute approximate surface area is 78.0 Å². The summed E-state index contributed by atoms with van der Waals surface area (Å²) in [7, 11) is -3.07. The predicted molar refractivity (Wildman–Crippen MR) is 52.7 cm³/mol. The minimum Gasteiger partial charge on any atom is -0.257 e. The molecule has 0 fully saturated rings. The second-order valence-corrected chi connectivity index (χ2v) is 4.74. The fourth-order valence-corrected chi connectivity index (χ4v) is 1.74. The van der Waals surface area contributed by atoms with E-state index < -0.39 is 9.84 Å². The molecule has 0 unspecified atom stereocenters. The first-order valence-electron chi connectivity index (χ1n) is 3.79. The highest BCUT2D eigenvalue weighted by molar-refractivity contribution is 7.93. The van der Waals surface area contributed by atoms with Gasteiger partial charge in [-0.2, -0.15) is 0 Å². The van der Waals surface area contributed by atoms with Crippen LogP contribution in [0.2, 0.25) is 0 Å². The van der Waals surface area contributed by atoms with E-state index in [4.69, 9.17) is 0 Å². The van der Waals surface area contributed by atoms with Crippen molar-refractivity contribution in [2.24, 2.45) is 0 Å². The van der Waals surface area contributed by atoms with Crippen LogP contribution in [0.25, 0.3) is 5.57 Å². The molecule has 0 bridgehead atoms. The summed E-state index contributed by atoms with van der Waals surface area (Å²) in [6, 6.07) is 5.39. The smallest absolute Gasteiger partial charge is 0.169 e. The van der Waals surface area contributed by atoms with Crippen LogP contribution < -0.4 is 0 Å². The largest absolute Gasteiger partial charge is 0.257 e. The van der Waals surface area contributed by atoms with Gasteiger partial charge in [-0.25, -0.2) is 8.42 Å². The number of nitrogens with zero attached hydrogens (tertiary/aromatic N) is 1. The van der Waals surface area contributed by atoms with E-state index in [1.165, 1.54) is 11.7 Å². The Morgan fingerprint density at radius 3 is 2.62 bits per heavy atom. The van der Waals surface area contributed by atoms with Crippen molar-refractivity contribution >= 4 is 15.4 Å². The summed E-state index contributed by atoms with van der Waals surface area (Å²) in [6.07, 6.45) is 2.80. The third-order valence-electron chi connectivity index (χ3n) is 1.46. The van der Waals surface area contributed by atoms with E-state index in [1.807, 2.05) is 6.07 Å². The van der Waals surface area contributed by atoms with Gasteiger partial charge in [0.15, 0.2) is 9.84 Å². The lowest BCUT2D eigenvalue weighted by atomic mass is 10.2. The van der Waals surface area contributed by atoms with E-state index in [1.54, 1.807) is 25.3 Å². The number of sulfone groups is 1. The summed E-state index contributed by atoms with van der Waals surface area (Å²) in [5.41, 5.74) is 1.34. The van der Waals surface area contributed by atoms with Crippen molar-refractivity contribution in [2.75, 3.05) is 6.26 Å². The molecule has 0 aliphatic carbocycles. The zero-order chi connectivity index (χ0) is 9.90. The van der Waals surface area contributed by atoms with Gasteiger partial charge in [-0.3, -0.25) is 4.98 Å². The minimum absolute atomic E-state index is 0.656. The van der Waals surface area contributed by atoms with Crippen molar-refractivity contribution in [2.45, 2.75) is 6.92 Å². The van der Waals surface area contributed by atoms with Crippen molar-refractivity contribution < 1.29 is 8.42 Å². The number of hydrogen-bond donors (Lipinski definition) is 0. The van der Waals surface area contributed by atoms with Crippen LogP contribution in [-0.2, 0) is 9.84 Å². The van der Waals surface area contributed by atoms with Crippen LogP contribution in [0.5, 0.6) is 0 Å². The Hall–Kier alpha value is -1.16. The van der Waals surface area contributed by atoms with Crippen molar-refractivity contribution in [3.63, 3.8) is 0 Å². The van der Waals surface area contributed by atoms with Gasteiger partial charge in [0.1, 0.15) is 0 Å². The lowest BCUT2D eigenvalue weighted by molar-refractivity contribution is 0.610. The summed E-state index contributed by atoms with van der Waals surface area (Å²) in [5, 5.41) is 1.22. The zero-order valence-corrected chi connectivity index (χ0v) is 8.38. The Kier molecular flexibility index (Phi) is 2.83. The molecular formula is C9H11NO2S. The molecule has 3 nitrogen and oxygen atoms in total. The minimum atomic E-state index is -3.07. The van der Waals surface area contributed by atoms with Gasteiger partial charge >= 0.3 is 0 Å². The molecule has 0 radical (unpaired) electrons. The maximum Gasteiger partial charge on any atom is 0.169 e. The topological polar surface area (TPSA) is 47.0 Å². The van der Waals surface area contributed by atoms with Gasteiger partial charge in [0.2, 0.25) is 0 Å². The molecule has 13 heavy (non-hydrogen) atoms. The van der Waals surface area contributed by atoms with Gasteiger partial charge < -0.3 is 0 Å². The molecule has 0 saturated carbocycles. The normalized spacial score (nSPS) is 12.9. The first-order valence-corrected chi connectivity index (χ1v) is 5.74. The van der Waals surface area contributed by atoms with Crippen molar-refractivity contribution in [1.29, 1.82) is 0 Å². The highest BCUT2D eigenvalue weighted by Crippen LogP contribution is 2.10. The van der Waals surface area contributed by atoms with Crippen LogP contribution in [0.1, 0.15) is 12.6 Å². The standard InChI is InChI=1S/C9H11NO2S/c1-8(7-13(2,11)12)9-5-3-4-6-10-9/h3-7H,1-2H3/b8-7-. The zero-order valence-electron chi connectivity index (χ0n) is 7.56. The summed E-state index contributed by atoms with van der Waals surface area (Å²) >= 11 is 0. The van der Waals surface area contributed by atoms with Gasteiger partial charge in [-0.15, -0.1) is 0 Å². The SMILES string of the molecule is C/C(=C/S(C)(=O)=O)c1ccccn1. The maximum atomic E-state index is 10.9. The molecule has 4 heteroatoms. The fourth-order valence-electron chi connectivity index (χ4n) is 0.978. The summed E-state index contributed by atoms with van der Waals surface area (Å²) in [4.78, 5) is 4.03. The molecule has 0 saturated heterocycles. The highest BCUT2D eigenvalue weighted by atomic mass is 32.2. The molecule has 0 amide bonds. The molecule has 1 aromatic heterocycles. The van der Waals surface area contributed by atoms with Gasteiger partial charge in [0, 0.05) is 17.9 Å². The average Bonchev–Trinajstić information content (AvgIpc) is 2.03. The molecular weight excluding hydrogens is 186 g/mol. The first kappa shape index (κ1) is 9.92. The third-order valence-corrected chi connectivity index (χ3v) is 2.24. The third kappa shape index (κ3) is 3.38. The maximum absolute atomic E-state index is 10.9. The van der Waals surface area contributed by atoms with E-state index in [-0.39, 0.29) is 0 Å². The van der Waals surface area contributed by atoms with Crippen LogP contribution in [0.15, 0.2) is 29.8 Å². The number of rotatable bonds is 2. The van der Waals surface area contributed by atoms with Crippen LogP contribution in [0.3, 0.4) is 0 Å². The Morgan fingerprint density at radius 2 is 2.15 bits per heavy atom. The van der Waals surface area contributed by atoms with E-state index in [0.29, 0.717) is 11.3 Å². The molecule has 0 aromatic carbocycles.